The first-order valence-electron chi connectivity index (χ1n) is 3.63. The van der Waals surface area contributed by atoms with Crippen molar-refractivity contribution in [2.75, 3.05) is 6.61 Å². The van der Waals surface area contributed by atoms with E-state index in [-0.39, 0.29) is 0 Å². The van der Waals surface area contributed by atoms with Crippen molar-refractivity contribution < 1.29 is 26.6 Å². The lowest BCUT2D eigenvalue weighted by molar-refractivity contribution is -0.115. The molecule has 0 heterocycles. The van der Waals surface area contributed by atoms with Gasteiger partial charge in [-0.25, -0.2) is 0 Å². The van der Waals surface area contributed by atoms with Gasteiger partial charge in [0.1, 0.15) is 19.8 Å². The van der Waals surface area contributed by atoms with Crippen molar-refractivity contribution in [3.05, 3.63) is 0 Å². The van der Waals surface area contributed by atoms with Gasteiger partial charge in [-0.3, -0.25) is 0 Å². The van der Waals surface area contributed by atoms with E-state index in [0.717, 1.165) is 0 Å². The summed E-state index contributed by atoms with van der Waals surface area (Å²) in [4.78, 5) is 10.1. The summed E-state index contributed by atoms with van der Waals surface area (Å²) in [7, 11) is 0. The highest BCUT2D eigenvalue weighted by Gasteiger charge is 2.23. The first kappa shape index (κ1) is 8.61. The molecule has 0 saturated heterocycles. The zero-order valence-electron chi connectivity index (χ0n) is 6.84. The van der Waals surface area contributed by atoms with E-state index in [1.54, 1.807) is 0 Å². The SMILES string of the molecule is [2H]C(=O)C[C@@H](O)[C@H](O)[C@H](O)CO. The van der Waals surface area contributed by atoms with E-state index >= 15 is 0 Å². The highest BCUT2D eigenvalue weighted by atomic mass is 16.4. The zero-order chi connectivity index (χ0) is 9.72. The molecule has 0 amide bonds. The van der Waals surface area contributed by atoms with Gasteiger partial charge in [0.15, 0.2) is 0 Å². The Labute approximate surface area is 65.3 Å². The van der Waals surface area contributed by atoms with Crippen LogP contribution in [-0.2, 0) is 4.79 Å². The number of aldehydes is 1. The van der Waals surface area contributed by atoms with E-state index < -0.39 is 37.6 Å². The molecule has 0 unspecified atom stereocenters. The molecule has 0 aliphatic rings. The molecule has 0 saturated carbocycles. The van der Waals surface area contributed by atoms with Gasteiger partial charge in [0, 0.05) is 6.42 Å². The largest absolute Gasteiger partial charge is 0.394 e. The Morgan fingerprint density at radius 2 is 1.91 bits per heavy atom. The Morgan fingerprint density at radius 3 is 2.27 bits per heavy atom. The van der Waals surface area contributed by atoms with Crippen molar-refractivity contribution >= 4 is 6.26 Å². The van der Waals surface area contributed by atoms with Gasteiger partial charge in [0.2, 0.25) is 0 Å². The van der Waals surface area contributed by atoms with Crippen LogP contribution in [0.3, 0.4) is 0 Å². The van der Waals surface area contributed by atoms with Crippen molar-refractivity contribution in [3.63, 3.8) is 0 Å². The topological polar surface area (TPSA) is 98.0 Å². The number of aliphatic hydroxyl groups excluding tert-OH is 4. The van der Waals surface area contributed by atoms with Crippen LogP contribution in [0.1, 0.15) is 7.79 Å². The molecule has 0 aromatic rings. The summed E-state index contributed by atoms with van der Waals surface area (Å²) in [6.07, 6.45) is -6.18. The van der Waals surface area contributed by atoms with Crippen LogP contribution in [0.2, 0.25) is 0 Å². The highest BCUT2D eigenvalue weighted by molar-refractivity contribution is 5.50. The Kier molecular flexibility index (Phi) is 4.07. The molecule has 0 aromatic heterocycles. The fourth-order valence-corrected chi connectivity index (χ4v) is 0.571. The zero-order valence-corrected chi connectivity index (χ0v) is 5.84. The van der Waals surface area contributed by atoms with Crippen LogP contribution >= 0.6 is 0 Å². The number of carbonyl (C=O) groups is 1. The first-order valence-corrected chi connectivity index (χ1v) is 3.13. The summed E-state index contributed by atoms with van der Waals surface area (Å²) < 4.78 is 6.45. The number of carbonyl (C=O) groups excluding carboxylic acids is 1. The molecule has 0 aromatic carbocycles. The lowest BCUT2D eigenvalue weighted by atomic mass is 10.1. The van der Waals surface area contributed by atoms with Gasteiger partial charge >= 0.3 is 0 Å². The van der Waals surface area contributed by atoms with E-state index in [0.29, 0.717) is 0 Å². The van der Waals surface area contributed by atoms with Crippen molar-refractivity contribution in [3.8, 4) is 0 Å². The Bertz CT molecular complexity index is 151. The first-order chi connectivity index (χ1) is 5.49. The van der Waals surface area contributed by atoms with Gasteiger partial charge in [-0.2, -0.15) is 0 Å². The molecule has 11 heavy (non-hydrogen) atoms. The maximum absolute atomic E-state index is 10.1. The number of aliphatic hydroxyl groups is 4. The van der Waals surface area contributed by atoms with Gasteiger partial charge in [-0.15, -0.1) is 0 Å². The van der Waals surface area contributed by atoms with E-state index in [2.05, 4.69) is 0 Å². The van der Waals surface area contributed by atoms with Gasteiger partial charge in [0.25, 0.3) is 0 Å². The third-order valence-corrected chi connectivity index (χ3v) is 1.27. The number of hydrogen-bond donors (Lipinski definition) is 4. The lowest BCUT2D eigenvalue weighted by Gasteiger charge is -2.19. The predicted octanol–water partition coefficient (Wildman–Crippen LogP) is -2.35. The monoisotopic (exact) mass is 165 g/mol. The Hall–Kier alpha value is -0.490. The second-order valence-corrected chi connectivity index (χ2v) is 2.16. The minimum absolute atomic E-state index is 0.557. The van der Waals surface area contributed by atoms with Crippen molar-refractivity contribution in [1.29, 1.82) is 0 Å². The lowest BCUT2D eigenvalue weighted by Crippen LogP contribution is -2.39. The third kappa shape index (κ3) is 3.43. The molecule has 0 bridgehead atoms. The molecule has 0 spiro atoms. The molecule has 0 aliphatic carbocycles. The van der Waals surface area contributed by atoms with Crippen LogP contribution in [0.15, 0.2) is 0 Å². The molecule has 4 N–H and O–H groups in total. The number of rotatable bonds is 5. The minimum Gasteiger partial charge on any atom is -0.394 e. The summed E-state index contributed by atoms with van der Waals surface area (Å²) in [6, 6.07) is 0. The van der Waals surface area contributed by atoms with Gasteiger partial charge < -0.3 is 25.2 Å². The summed E-state index contributed by atoms with van der Waals surface area (Å²) in [5, 5.41) is 35.0. The molecule has 0 radical (unpaired) electrons. The summed E-state index contributed by atoms with van der Waals surface area (Å²) in [5.74, 6) is 0. The number of hydrogen-bond acceptors (Lipinski definition) is 5. The molecule has 5 nitrogen and oxygen atoms in total. The molecular formula is C6H12O5. The van der Waals surface area contributed by atoms with Crippen LogP contribution in [0.4, 0.5) is 0 Å². The molecule has 5 heteroatoms. The average Bonchev–Trinajstić information content (AvgIpc) is 2.00. The van der Waals surface area contributed by atoms with Crippen molar-refractivity contribution in [2.45, 2.75) is 24.7 Å². The maximum Gasteiger partial charge on any atom is 0.122 e. The smallest absolute Gasteiger partial charge is 0.122 e. The second-order valence-electron chi connectivity index (χ2n) is 2.16. The molecule has 3 atom stereocenters. The minimum atomic E-state index is -1.59. The van der Waals surface area contributed by atoms with Crippen LogP contribution in [-0.4, -0.2) is 51.6 Å². The van der Waals surface area contributed by atoms with Gasteiger partial charge in [-0.05, 0) is 0 Å². The van der Waals surface area contributed by atoms with E-state index in [1.165, 1.54) is 0 Å². The summed E-state index contributed by atoms with van der Waals surface area (Å²) >= 11 is 0. The maximum atomic E-state index is 10.1. The highest BCUT2D eigenvalue weighted by Crippen LogP contribution is 2.01. The van der Waals surface area contributed by atoms with Crippen LogP contribution < -0.4 is 0 Å². The Balaban J connectivity index is 3.91. The fraction of sp³-hybridized carbons (Fsp3) is 0.833. The predicted molar refractivity (Wildman–Crippen MR) is 35.8 cm³/mol. The molecule has 0 rings (SSSR count). The van der Waals surface area contributed by atoms with Crippen molar-refractivity contribution in [2.24, 2.45) is 0 Å². The molecular weight excluding hydrogens is 152 g/mol. The summed E-state index contributed by atoms with van der Waals surface area (Å²) in [6.45, 7) is -0.704. The summed E-state index contributed by atoms with van der Waals surface area (Å²) in [5.41, 5.74) is 0. The fourth-order valence-electron chi connectivity index (χ4n) is 0.571. The van der Waals surface area contributed by atoms with Crippen LogP contribution in [0.25, 0.3) is 0 Å². The normalized spacial score (nSPS) is 20.2. The van der Waals surface area contributed by atoms with Gasteiger partial charge in [-0.1, -0.05) is 0 Å². The third-order valence-electron chi connectivity index (χ3n) is 1.27. The van der Waals surface area contributed by atoms with Crippen molar-refractivity contribution in [1.82, 2.24) is 0 Å². The van der Waals surface area contributed by atoms with Gasteiger partial charge in [0.05, 0.1) is 12.7 Å². The molecule has 66 valence electrons. The van der Waals surface area contributed by atoms with E-state index in [1.807, 2.05) is 0 Å². The molecule has 0 fully saturated rings. The van der Waals surface area contributed by atoms with Crippen LogP contribution in [0.5, 0.6) is 0 Å². The standard InChI is InChI=1S/C6H12O5/c7-2-1-4(9)6(11)5(10)3-8/h2,4-6,8-11H,1,3H2/t4-,5-,6+/m1/s1/i2D. The second kappa shape index (κ2) is 5.20. The van der Waals surface area contributed by atoms with Crippen LogP contribution in [0, 0.1) is 0 Å². The quantitative estimate of drug-likeness (QED) is 0.342. The van der Waals surface area contributed by atoms with E-state index in [9.17, 15) is 4.79 Å². The Morgan fingerprint density at radius 1 is 1.36 bits per heavy atom. The average molecular weight is 165 g/mol. The van der Waals surface area contributed by atoms with E-state index in [4.69, 9.17) is 21.8 Å². The molecule has 0 aliphatic heterocycles.